The predicted molar refractivity (Wildman–Crippen MR) is 62.1 cm³/mol. The van der Waals surface area contributed by atoms with Crippen molar-refractivity contribution in [3.8, 4) is 0 Å². The van der Waals surface area contributed by atoms with E-state index in [9.17, 15) is 0 Å². The SMILES string of the molecule is BrCCCNCc1ccc(Br)s1. The molecule has 0 aromatic carbocycles. The van der Waals surface area contributed by atoms with E-state index >= 15 is 0 Å². The van der Waals surface area contributed by atoms with Crippen LogP contribution in [0.3, 0.4) is 0 Å². The molecular formula is C8H11Br2NS. The highest BCUT2D eigenvalue weighted by molar-refractivity contribution is 9.11. The van der Waals surface area contributed by atoms with Crippen molar-refractivity contribution in [2.75, 3.05) is 11.9 Å². The molecule has 0 fully saturated rings. The maximum absolute atomic E-state index is 3.44. The van der Waals surface area contributed by atoms with E-state index in [4.69, 9.17) is 0 Å². The number of nitrogens with one attached hydrogen (secondary N) is 1. The molecule has 1 aromatic rings. The van der Waals surface area contributed by atoms with Gasteiger partial charge in [-0.3, -0.25) is 0 Å². The van der Waals surface area contributed by atoms with Crippen LogP contribution in [0.1, 0.15) is 11.3 Å². The van der Waals surface area contributed by atoms with Crippen LogP contribution in [0.5, 0.6) is 0 Å². The first kappa shape index (κ1) is 10.7. The van der Waals surface area contributed by atoms with Gasteiger partial charge in [0.25, 0.3) is 0 Å². The molecule has 0 aliphatic rings. The third kappa shape index (κ3) is 4.03. The summed E-state index contributed by atoms with van der Waals surface area (Å²) in [5.41, 5.74) is 0. The minimum atomic E-state index is 0.989. The second-order valence-electron chi connectivity index (χ2n) is 2.43. The summed E-state index contributed by atoms with van der Waals surface area (Å²) in [7, 11) is 0. The zero-order valence-electron chi connectivity index (χ0n) is 6.65. The lowest BCUT2D eigenvalue weighted by atomic mass is 10.4. The van der Waals surface area contributed by atoms with Crippen molar-refractivity contribution in [2.24, 2.45) is 0 Å². The molecule has 0 aliphatic carbocycles. The summed E-state index contributed by atoms with van der Waals surface area (Å²) in [6, 6.07) is 4.24. The number of thiophene rings is 1. The van der Waals surface area contributed by atoms with Crippen LogP contribution in [0.2, 0.25) is 0 Å². The topological polar surface area (TPSA) is 12.0 Å². The van der Waals surface area contributed by atoms with Crippen LogP contribution in [-0.2, 0) is 6.54 Å². The van der Waals surface area contributed by atoms with E-state index in [0.29, 0.717) is 0 Å². The van der Waals surface area contributed by atoms with E-state index in [1.165, 1.54) is 15.1 Å². The molecule has 0 bridgehead atoms. The Morgan fingerprint density at radius 1 is 1.42 bits per heavy atom. The maximum atomic E-state index is 3.44. The molecule has 0 amide bonds. The summed E-state index contributed by atoms with van der Waals surface area (Å²) >= 11 is 8.62. The Kier molecular flexibility index (Phi) is 5.47. The monoisotopic (exact) mass is 311 g/mol. The maximum Gasteiger partial charge on any atom is 0.0701 e. The molecule has 0 unspecified atom stereocenters. The van der Waals surface area contributed by atoms with Crippen LogP contribution >= 0.6 is 43.2 Å². The smallest absolute Gasteiger partial charge is 0.0701 e. The predicted octanol–water partition coefficient (Wildman–Crippen LogP) is 3.39. The van der Waals surface area contributed by atoms with Crippen LogP contribution in [0, 0.1) is 0 Å². The van der Waals surface area contributed by atoms with Gasteiger partial charge in [-0.2, -0.15) is 0 Å². The Bertz CT molecular complexity index is 225. The Balaban J connectivity index is 2.15. The Hall–Kier alpha value is 0.620. The Morgan fingerprint density at radius 2 is 2.25 bits per heavy atom. The molecule has 1 aromatic heterocycles. The highest BCUT2D eigenvalue weighted by Gasteiger charge is 1.95. The van der Waals surface area contributed by atoms with Crippen LogP contribution in [-0.4, -0.2) is 11.9 Å². The van der Waals surface area contributed by atoms with Crippen molar-refractivity contribution in [3.05, 3.63) is 20.8 Å². The van der Waals surface area contributed by atoms with Crippen LogP contribution in [0.4, 0.5) is 0 Å². The van der Waals surface area contributed by atoms with E-state index in [0.717, 1.165) is 18.4 Å². The van der Waals surface area contributed by atoms with Gasteiger partial charge < -0.3 is 5.32 Å². The minimum absolute atomic E-state index is 0.989. The van der Waals surface area contributed by atoms with E-state index in [2.05, 4.69) is 49.3 Å². The number of hydrogen-bond donors (Lipinski definition) is 1. The van der Waals surface area contributed by atoms with Gasteiger partial charge >= 0.3 is 0 Å². The normalized spacial score (nSPS) is 10.5. The molecular weight excluding hydrogens is 302 g/mol. The average molecular weight is 313 g/mol. The fourth-order valence-corrected chi connectivity index (χ4v) is 2.58. The van der Waals surface area contributed by atoms with Gasteiger partial charge in [0, 0.05) is 16.8 Å². The van der Waals surface area contributed by atoms with Crippen LogP contribution in [0.15, 0.2) is 15.9 Å². The van der Waals surface area contributed by atoms with Crippen molar-refractivity contribution < 1.29 is 0 Å². The quantitative estimate of drug-likeness (QED) is 0.649. The van der Waals surface area contributed by atoms with Crippen LogP contribution in [0.25, 0.3) is 0 Å². The third-order valence-electron chi connectivity index (χ3n) is 1.42. The third-order valence-corrected chi connectivity index (χ3v) is 3.60. The highest BCUT2D eigenvalue weighted by Crippen LogP contribution is 2.21. The van der Waals surface area contributed by atoms with Gasteiger partial charge in [0.2, 0.25) is 0 Å². The molecule has 12 heavy (non-hydrogen) atoms. The highest BCUT2D eigenvalue weighted by atomic mass is 79.9. The van der Waals surface area contributed by atoms with Gasteiger partial charge in [0.15, 0.2) is 0 Å². The lowest BCUT2D eigenvalue weighted by Gasteiger charge is -1.99. The molecule has 68 valence electrons. The van der Waals surface area contributed by atoms with Crippen molar-refractivity contribution >= 4 is 43.2 Å². The molecule has 0 spiro atoms. The average Bonchev–Trinajstić information content (AvgIpc) is 2.45. The lowest BCUT2D eigenvalue weighted by Crippen LogP contribution is -2.13. The molecule has 0 atom stereocenters. The molecule has 1 rings (SSSR count). The number of alkyl halides is 1. The van der Waals surface area contributed by atoms with Gasteiger partial charge in [-0.25, -0.2) is 0 Å². The molecule has 1 heterocycles. The first-order chi connectivity index (χ1) is 5.83. The molecule has 0 aliphatic heterocycles. The number of hydrogen-bond acceptors (Lipinski definition) is 2. The number of rotatable bonds is 5. The second-order valence-corrected chi connectivity index (χ2v) is 5.77. The first-order valence-electron chi connectivity index (χ1n) is 3.84. The van der Waals surface area contributed by atoms with Gasteiger partial charge in [-0.1, -0.05) is 15.9 Å². The molecule has 0 saturated carbocycles. The molecule has 0 saturated heterocycles. The Labute approximate surface area is 93.8 Å². The standard InChI is InChI=1S/C8H11Br2NS/c9-4-1-5-11-6-7-2-3-8(10)12-7/h2-3,11H,1,4-6H2. The molecule has 1 N–H and O–H groups in total. The van der Waals surface area contributed by atoms with E-state index in [1.54, 1.807) is 11.3 Å². The van der Waals surface area contributed by atoms with E-state index in [1.807, 2.05) is 0 Å². The summed E-state index contributed by atoms with van der Waals surface area (Å²) in [6.45, 7) is 2.07. The first-order valence-corrected chi connectivity index (χ1v) is 6.57. The summed E-state index contributed by atoms with van der Waals surface area (Å²) in [5, 5.41) is 4.45. The van der Waals surface area contributed by atoms with E-state index < -0.39 is 0 Å². The van der Waals surface area contributed by atoms with Gasteiger partial charge in [0.1, 0.15) is 0 Å². The number of halogens is 2. The van der Waals surface area contributed by atoms with Crippen molar-refractivity contribution in [1.82, 2.24) is 5.32 Å². The summed E-state index contributed by atoms with van der Waals surface area (Å²) in [6.07, 6.45) is 1.19. The zero-order chi connectivity index (χ0) is 8.81. The van der Waals surface area contributed by atoms with Crippen molar-refractivity contribution in [3.63, 3.8) is 0 Å². The largest absolute Gasteiger partial charge is 0.312 e. The van der Waals surface area contributed by atoms with E-state index in [-0.39, 0.29) is 0 Å². The summed E-state index contributed by atoms with van der Waals surface area (Å²) in [4.78, 5) is 1.39. The van der Waals surface area contributed by atoms with Crippen molar-refractivity contribution in [2.45, 2.75) is 13.0 Å². The van der Waals surface area contributed by atoms with Gasteiger partial charge in [-0.15, -0.1) is 11.3 Å². The van der Waals surface area contributed by atoms with Gasteiger partial charge in [0.05, 0.1) is 3.79 Å². The summed E-state index contributed by atoms with van der Waals surface area (Å²) < 4.78 is 1.21. The zero-order valence-corrected chi connectivity index (χ0v) is 10.6. The van der Waals surface area contributed by atoms with Crippen LogP contribution < -0.4 is 5.32 Å². The molecule has 1 nitrogen and oxygen atoms in total. The molecule has 4 heteroatoms. The summed E-state index contributed by atoms with van der Waals surface area (Å²) in [5.74, 6) is 0. The van der Waals surface area contributed by atoms with Crippen molar-refractivity contribution in [1.29, 1.82) is 0 Å². The minimum Gasteiger partial charge on any atom is -0.312 e. The van der Waals surface area contributed by atoms with Gasteiger partial charge in [-0.05, 0) is 41.0 Å². The lowest BCUT2D eigenvalue weighted by molar-refractivity contribution is 0.686. The fourth-order valence-electron chi connectivity index (χ4n) is 0.850. The Morgan fingerprint density at radius 3 is 2.83 bits per heavy atom. The molecule has 0 radical (unpaired) electrons. The second kappa shape index (κ2) is 6.13. The fraction of sp³-hybridized carbons (Fsp3) is 0.500.